The Bertz CT molecular complexity index is 1310. The predicted molar refractivity (Wildman–Crippen MR) is 150 cm³/mol. The summed E-state index contributed by atoms with van der Waals surface area (Å²) < 4.78 is 4.97. The smallest absolute Gasteiger partial charge is 0.255 e. The minimum atomic E-state index is -0.769. The molecule has 1 aliphatic heterocycles. The van der Waals surface area contributed by atoms with Crippen LogP contribution in [0.5, 0.6) is 0 Å². The van der Waals surface area contributed by atoms with Gasteiger partial charge in [-0.15, -0.1) is 0 Å². The molecule has 0 spiro atoms. The number of carbonyl (C=O) groups is 3. The number of fused-ring (bicyclic) bond motifs is 3. The molecule has 1 atom stereocenters. The number of benzene rings is 2. The Kier molecular flexibility index (Phi) is 7.34. The molecular weight excluding hydrogens is 490 g/mol. The first-order chi connectivity index (χ1) is 18.7. The van der Waals surface area contributed by atoms with Crippen molar-refractivity contribution in [3.05, 3.63) is 83.8 Å². The van der Waals surface area contributed by atoms with Crippen molar-refractivity contribution in [2.45, 2.75) is 57.9 Å². The number of unbranched alkanes of at least 4 members (excludes halogenated alkanes) is 1. The van der Waals surface area contributed by atoms with E-state index in [9.17, 15) is 14.4 Å². The van der Waals surface area contributed by atoms with Gasteiger partial charge in [-0.1, -0.05) is 69.3 Å². The van der Waals surface area contributed by atoms with Crippen LogP contribution < -0.4 is 10.6 Å². The summed E-state index contributed by atoms with van der Waals surface area (Å²) in [4.78, 5) is 41.2. The maximum absolute atomic E-state index is 14.1. The molecule has 39 heavy (non-hydrogen) atoms. The van der Waals surface area contributed by atoms with E-state index in [2.05, 4.69) is 55.7 Å². The van der Waals surface area contributed by atoms with Gasteiger partial charge in [0.15, 0.2) is 0 Å². The highest BCUT2D eigenvalue weighted by Gasteiger charge is 2.48. The summed E-state index contributed by atoms with van der Waals surface area (Å²) in [6.45, 7) is 8.15. The van der Waals surface area contributed by atoms with E-state index in [4.69, 9.17) is 4.42 Å². The molecule has 5 rings (SSSR count). The lowest BCUT2D eigenvalue weighted by Gasteiger charge is -2.32. The normalized spacial score (nSPS) is 17.6. The van der Waals surface area contributed by atoms with Gasteiger partial charge in [0.25, 0.3) is 5.91 Å². The maximum atomic E-state index is 14.1. The fourth-order valence-electron chi connectivity index (χ4n) is 5.87. The summed E-state index contributed by atoms with van der Waals surface area (Å²) in [6.07, 6.45) is 5.60. The average molecular weight is 528 g/mol. The highest BCUT2D eigenvalue weighted by Crippen LogP contribution is 2.51. The van der Waals surface area contributed by atoms with Crippen LogP contribution in [0.4, 0.5) is 0 Å². The van der Waals surface area contributed by atoms with Crippen molar-refractivity contribution in [3.63, 3.8) is 0 Å². The van der Waals surface area contributed by atoms with Crippen LogP contribution in [0.1, 0.15) is 67.9 Å². The van der Waals surface area contributed by atoms with E-state index in [1.54, 1.807) is 6.07 Å². The van der Waals surface area contributed by atoms with Gasteiger partial charge >= 0.3 is 0 Å². The lowest BCUT2D eigenvalue weighted by atomic mass is 9.73. The number of nitrogens with zero attached hydrogens (tertiary/aromatic N) is 1. The molecule has 1 aliphatic carbocycles. The van der Waals surface area contributed by atoms with E-state index in [1.807, 2.05) is 29.2 Å². The molecule has 7 nitrogen and oxygen atoms in total. The van der Waals surface area contributed by atoms with Gasteiger partial charge in [0.05, 0.1) is 11.8 Å². The zero-order valence-corrected chi connectivity index (χ0v) is 23.0. The molecule has 2 aromatic carbocycles. The largest absolute Gasteiger partial charge is 0.472 e. The van der Waals surface area contributed by atoms with Crippen molar-refractivity contribution < 1.29 is 18.8 Å². The third-order valence-corrected chi connectivity index (χ3v) is 7.85. The van der Waals surface area contributed by atoms with Gasteiger partial charge in [0, 0.05) is 19.6 Å². The monoisotopic (exact) mass is 527 g/mol. The molecule has 1 saturated heterocycles. The van der Waals surface area contributed by atoms with Gasteiger partial charge in [-0.3, -0.25) is 14.4 Å². The maximum Gasteiger partial charge on any atom is 0.255 e. The van der Waals surface area contributed by atoms with Crippen molar-refractivity contribution in [1.29, 1.82) is 0 Å². The van der Waals surface area contributed by atoms with Crippen molar-refractivity contribution in [2.75, 3.05) is 19.6 Å². The molecule has 2 N–H and O–H groups in total. The summed E-state index contributed by atoms with van der Waals surface area (Å²) in [5, 5.41) is 6.08. The molecule has 2 heterocycles. The van der Waals surface area contributed by atoms with Crippen molar-refractivity contribution in [2.24, 2.45) is 5.41 Å². The standard InChI is InChI=1S/C32H37N3O4/c1-31(2,3)21-33-30(38)32(25-12-6-4-10-23(25)24-11-5-7-13-26(24)32)16-8-9-17-35-18-14-27(29(35)37)34-28(36)22-15-19-39-20-22/h4-7,10-13,15,19-20,27H,8-9,14,16-18,21H2,1-3H3,(H,33,38)(H,34,36). The fraction of sp³-hybridized carbons (Fsp3) is 0.406. The number of rotatable bonds is 9. The molecule has 0 bridgehead atoms. The van der Waals surface area contributed by atoms with Crippen molar-refractivity contribution >= 4 is 17.7 Å². The highest BCUT2D eigenvalue weighted by molar-refractivity contribution is 6.00. The molecule has 3 aromatic rings. The number of amides is 3. The van der Waals surface area contributed by atoms with Gasteiger partial charge in [0.2, 0.25) is 11.8 Å². The van der Waals surface area contributed by atoms with Crippen LogP contribution in [0.15, 0.2) is 71.5 Å². The molecule has 0 saturated carbocycles. The first kappa shape index (κ1) is 26.7. The van der Waals surface area contributed by atoms with E-state index in [0.717, 1.165) is 35.1 Å². The number of hydrogen-bond donors (Lipinski definition) is 2. The van der Waals surface area contributed by atoms with Gasteiger partial charge in [-0.05, 0) is 59.4 Å². The lowest BCUT2D eigenvalue weighted by molar-refractivity contribution is -0.129. The van der Waals surface area contributed by atoms with Crippen LogP contribution in [0, 0.1) is 5.41 Å². The summed E-state index contributed by atoms with van der Waals surface area (Å²) >= 11 is 0. The quantitative estimate of drug-likeness (QED) is 0.387. The first-order valence-electron chi connectivity index (χ1n) is 13.8. The second kappa shape index (κ2) is 10.7. The van der Waals surface area contributed by atoms with Crippen molar-refractivity contribution in [1.82, 2.24) is 15.5 Å². The lowest BCUT2D eigenvalue weighted by Crippen LogP contribution is -2.46. The fourth-order valence-corrected chi connectivity index (χ4v) is 5.87. The van der Waals surface area contributed by atoms with Crippen molar-refractivity contribution in [3.8, 4) is 11.1 Å². The third kappa shape index (κ3) is 5.22. The predicted octanol–water partition coefficient (Wildman–Crippen LogP) is 4.91. The molecule has 1 fully saturated rings. The molecule has 1 aromatic heterocycles. The van der Waals surface area contributed by atoms with Crippen LogP contribution in [-0.2, 0) is 15.0 Å². The van der Waals surface area contributed by atoms with Crippen LogP contribution in [-0.4, -0.2) is 48.3 Å². The summed E-state index contributed by atoms with van der Waals surface area (Å²) in [5.74, 6) is -0.319. The van der Waals surface area contributed by atoms with E-state index in [-0.39, 0.29) is 23.1 Å². The Morgan fingerprint density at radius 3 is 2.28 bits per heavy atom. The first-order valence-corrected chi connectivity index (χ1v) is 13.8. The molecule has 7 heteroatoms. The van der Waals surface area contributed by atoms with E-state index in [0.29, 0.717) is 38.0 Å². The minimum Gasteiger partial charge on any atom is -0.472 e. The summed E-state index contributed by atoms with van der Waals surface area (Å²) in [6, 6.07) is 17.5. The van der Waals surface area contributed by atoms with Gasteiger partial charge in [-0.2, -0.15) is 0 Å². The van der Waals surface area contributed by atoms with E-state index in [1.165, 1.54) is 12.5 Å². The Labute approximate surface area is 230 Å². The Balaban J connectivity index is 1.28. The van der Waals surface area contributed by atoms with E-state index < -0.39 is 11.5 Å². The van der Waals surface area contributed by atoms with Crippen LogP contribution in [0.25, 0.3) is 11.1 Å². The molecule has 2 aliphatic rings. The Morgan fingerprint density at radius 2 is 1.67 bits per heavy atom. The zero-order valence-electron chi connectivity index (χ0n) is 23.0. The summed E-state index contributed by atoms with van der Waals surface area (Å²) in [5.41, 5.74) is 3.94. The second-order valence-electron chi connectivity index (χ2n) is 11.8. The topological polar surface area (TPSA) is 91.7 Å². The van der Waals surface area contributed by atoms with Crippen LogP contribution >= 0.6 is 0 Å². The average Bonchev–Trinajstić information content (AvgIpc) is 3.64. The zero-order chi connectivity index (χ0) is 27.6. The van der Waals surface area contributed by atoms with E-state index >= 15 is 0 Å². The summed E-state index contributed by atoms with van der Waals surface area (Å²) in [7, 11) is 0. The van der Waals surface area contributed by atoms with Gasteiger partial charge < -0.3 is 20.0 Å². The van der Waals surface area contributed by atoms with Gasteiger partial charge in [-0.25, -0.2) is 0 Å². The number of likely N-dealkylation sites (tertiary alicyclic amines) is 1. The molecule has 204 valence electrons. The second-order valence-corrected chi connectivity index (χ2v) is 11.8. The SMILES string of the molecule is CC(C)(C)CNC(=O)C1(CCCCN2CCC(NC(=O)c3ccoc3)C2=O)c2ccccc2-c2ccccc21. The number of hydrogen-bond acceptors (Lipinski definition) is 4. The third-order valence-electron chi connectivity index (χ3n) is 7.85. The van der Waals surface area contributed by atoms with Gasteiger partial charge in [0.1, 0.15) is 17.7 Å². The molecule has 3 amide bonds. The minimum absolute atomic E-state index is 0.0336. The van der Waals surface area contributed by atoms with Crippen LogP contribution in [0.3, 0.4) is 0 Å². The Morgan fingerprint density at radius 1 is 1.00 bits per heavy atom. The molecular formula is C32H37N3O4. The number of furan rings is 1. The number of nitrogens with one attached hydrogen (secondary N) is 2. The Hall–Kier alpha value is -3.87. The number of carbonyl (C=O) groups excluding carboxylic acids is 3. The highest BCUT2D eigenvalue weighted by atomic mass is 16.3. The van der Waals surface area contributed by atoms with Crippen LogP contribution in [0.2, 0.25) is 0 Å². The molecule has 1 unspecified atom stereocenters. The molecule has 0 radical (unpaired) electrons.